The maximum atomic E-state index is 12.2. The van der Waals surface area contributed by atoms with E-state index in [1.807, 2.05) is 20.8 Å². The molecule has 3 atom stereocenters. The lowest BCUT2D eigenvalue weighted by Crippen LogP contribution is -2.57. The summed E-state index contributed by atoms with van der Waals surface area (Å²) in [5, 5.41) is 14.9. The zero-order valence-electron chi connectivity index (χ0n) is 14.7. The molecule has 1 unspecified atom stereocenters. The van der Waals surface area contributed by atoms with Gasteiger partial charge in [-0.3, -0.25) is 4.79 Å². The van der Waals surface area contributed by atoms with Crippen molar-refractivity contribution in [2.24, 2.45) is 17.3 Å². The van der Waals surface area contributed by atoms with Gasteiger partial charge in [-0.2, -0.15) is 0 Å². The summed E-state index contributed by atoms with van der Waals surface area (Å²) in [6.07, 6.45) is 0.576. The van der Waals surface area contributed by atoms with Gasteiger partial charge in [0.1, 0.15) is 0 Å². The first-order valence-electron chi connectivity index (χ1n) is 7.98. The SMILES string of the molecule is COc1ccc(NC(=O)NC(C)[C@@H]2C[C@H](C(=O)O)C2(C)C)c(C)n1. The lowest BCUT2D eigenvalue weighted by molar-refractivity contribution is -0.160. The number of nitrogens with one attached hydrogen (secondary N) is 2. The molecule has 3 N–H and O–H groups in total. The number of aryl methyl sites for hydroxylation is 1. The topological polar surface area (TPSA) is 101 Å². The zero-order valence-corrected chi connectivity index (χ0v) is 14.7. The summed E-state index contributed by atoms with van der Waals surface area (Å²) in [6, 6.07) is 2.96. The van der Waals surface area contributed by atoms with Crippen molar-refractivity contribution in [1.29, 1.82) is 0 Å². The number of methoxy groups -OCH3 is 1. The number of aromatic nitrogens is 1. The molecule has 0 radical (unpaired) electrons. The van der Waals surface area contributed by atoms with Gasteiger partial charge in [0, 0.05) is 12.1 Å². The van der Waals surface area contributed by atoms with Crippen LogP contribution in [0.25, 0.3) is 0 Å². The molecule has 0 bridgehead atoms. The number of amides is 2. The Kier molecular flexibility index (Phi) is 5.01. The maximum Gasteiger partial charge on any atom is 0.319 e. The van der Waals surface area contributed by atoms with Crippen LogP contribution in [-0.2, 0) is 4.79 Å². The van der Waals surface area contributed by atoms with Crippen molar-refractivity contribution in [2.45, 2.75) is 40.2 Å². The van der Waals surface area contributed by atoms with E-state index in [0.717, 1.165) is 0 Å². The second kappa shape index (κ2) is 6.67. The molecule has 2 rings (SSSR count). The van der Waals surface area contributed by atoms with Crippen LogP contribution in [0.1, 0.15) is 32.9 Å². The molecule has 1 aliphatic rings. The third-order valence-electron chi connectivity index (χ3n) is 5.12. The van der Waals surface area contributed by atoms with Crippen LogP contribution in [-0.4, -0.2) is 35.2 Å². The van der Waals surface area contributed by atoms with E-state index in [0.29, 0.717) is 23.7 Å². The number of nitrogens with zero attached hydrogens (tertiary/aromatic N) is 1. The van der Waals surface area contributed by atoms with E-state index in [1.54, 1.807) is 19.1 Å². The summed E-state index contributed by atoms with van der Waals surface area (Å²) in [6.45, 7) is 7.57. The molecular formula is C17H25N3O4. The maximum absolute atomic E-state index is 12.2. The molecule has 7 heteroatoms. The number of rotatable bonds is 5. The highest BCUT2D eigenvalue weighted by Crippen LogP contribution is 2.52. The molecule has 1 heterocycles. The minimum Gasteiger partial charge on any atom is -0.481 e. The predicted molar refractivity (Wildman–Crippen MR) is 90.2 cm³/mol. The van der Waals surface area contributed by atoms with E-state index >= 15 is 0 Å². The third kappa shape index (κ3) is 3.44. The number of carbonyl (C=O) groups is 2. The molecule has 7 nitrogen and oxygen atoms in total. The zero-order chi connectivity index (χ0) is 18.1. The molecule has 1 saturated carbocycles. The van der Waals surface area contributed by atoms with Crippen molar-refractivity contribution in [3.63, 3.8) is 0 Å². The highest BCUT2D eigenvalue weighted by Gasteiger charge is 2.53. The van der Waals surface area contributed by atoms with Gasteiger partial charge < -0.3 is 20.5 Å². The van der Waals surface area contributed by atoms with Crippen LogP contribution >= 0.6 is 0 Å². The van der Waals surface area contributed by atoms with Gasteiger partial charge in [-0.1, -0.05) is 13.8 Å². The van der Waals surface area contributed by atoms with Crippen molar-refractivity contribution in [1.82, 2.24) is 10.3 Å². The van der Waals surface area contributed by atoms with Gasteiger partial charge in [-0.25, -0.2) is 9.78 Å². The van der Waals surface area contributed by atoms with Crippen LogP contribution in [0.4, 0.5) is 10.5 Å². The average molecular weight is 335 g/mol. The summed E-state index contributed by atoms with van der Waals surface area (Å²) >= 11 is 0. The summed E-state index contributed by atoms with van der Waals surface area (Å²) in [5.41, 5.74) is 0.930. The lowest BCUT2D eigenvalue weighted by atomic mass is 9.53. The van der Waals surface area contributed by atoms with Gasteiger partial charge in [0.2, 0.25) is 5.88 Å². The first-order valence-corrected chi connectivity index (χ1v) is 7.98. The Morgan fingerprint density at radius 2 is 2.08 bits per heavy atom. The molecule has 2 amide bonds. The summed E-state index contributed by atoms with van der Waals surface area (Å²) in [7, 11) is 1.54. The highest BCUT2D eigenvalue weighted by molar-refractivity contribution is 5.90. The molecule has 1 aliphatic carbocycles. The van der Waals surface area contributed by atoms with E-state index in [2.05, 4.69) is 15.6 Å². The Morgan fingerprint density at radius 3 is 2.58 bits per heavy atom. The quantitative estimate of drug-likeness (QED) is 0.768. The van der Waals surface area contributed by atoms with Gasteiger partial charge in [0.15, 0.2) is 0 Å². The van der Waals surface area contributed by atoms with Gasteiger partial charge in [-0.05, 0) is 37.7 Å². The number of carboxylic acids is 1. The summed E-state index contributed by atoms with van der Waals surface area (Å²) in [5.74, 6) is -0.516. The standard InChI is InChI=1S/C17H25N3O4/c1-9(11-8-12(15(21)22)17(11,3)4)19-16(23)20-13-6-7-14(24-5)18-10(13)2/h6-7,9,11-12H,8H2,1-5H3,(H,21,22)(H2,19,20,23)/t9?,11-,12+/m0/s1. The summed E-state index contributed by atoms with van der Waals surface area (Å²) < 4.78 is 5.04. The van der Waals surface area contributed by atoms with Crippen molar-refractivity contribution >= 4 is 17.7 Å². The number of carbonyl (C=O) groups excluding carboxylic acids is 1. The van der Waals surface area contributed by atoms with E-state index in [9.17, 15) is 14.7 Å². The Morgan fingerprint density at radius 1 is 1.42 bits per heavy atom. The first-order chi connectivity index (χ1) is 11.2. The van der Waals surface area contributed by atoms with Gasteiger partial charge in [0.05, 0.1) is 24.4 Å². The van der Waals surface area contributed by atoms with Crippen LogP contribution in [0, 0.1) is 24.2 Å². The number of hydrogen-bond acceptors (Lipinski definition) is 4. The smallest absolute Gasteiger partial charge is 0.319 e. The van der Waals surface area contributed by atoms with E-state index in [-0.39, 0.29) is 29.3 Å². The van der Waals surface area contributed by atoms with E-state index in [1.165, 1.54) is 7.11 Å². The van der Waals surface area contributed by atoms with Crippen LogP contribution in [0.2, 0.25) is 0 Å². The van der Waals surface area contributed by atoms with Gasteiger partial charge >= 0.3 is 12.0 Å². The molecule has 0 aromatic carbocycles. The van der Waals surface area contributed by atoms with E-state index in [4.69, 9.17) is 4.74 Å². The summed E-state index contributed by atoms with van der Waals surface area (Å²) in [4.78, 5) is 27.6. The Bertz CT molecular complexity index is 645. The molecule has 0 spiro atoms. The second-order valence-electron chi connectivity index (χ2n) is 6.93. The normalized spacial score (nSPS) is 22.9. The molecule has 24 heavy (non-hydrogen) atoms. The van der Waals surface area contributed by atoms with Crippen LogP contribution in [0.5, 0.6) is 5.88 Å². The van der Waals surface area contributed by atoms with Crippen molar-refractivity contribution in [3.8, 4) is 5.88 Å². The largest absolute Gasteiger partial charge is 0.481 e. The number of ether oxygens (including phenoxy) is 1. The second-order valence-corrected chi connectivity index (χ2v) is 6.93. The Hall–Kier alpha value is -2.31. The average Bonchev–Trinajstić information content (AvgIpc) is 2.47. The third-order valence-corrected chi connectivity index (χ3v) is 5.12. The fraction of sp³-hybridized carbons (Fsp3) is 0.588. The minimum atomic E-state index is -0.771. The number of anilines is 1. The van der Waals surface area contributed by atoms with Crippen molar-refractivity contribution < 1.29 is 19.4 Å². The fourth-order valence-electron chi connectivity index (χ4n) is 3.48. The predicted octanol–water partition coefficient (Wildman–Crippen LogP) is 2.66. The minimum absolute atomic E-state index is 0.123. The first kappa shape index (κ1) is 18.0. The Balaban J connectivity index is 1.94. The number of urea groups is 1. The lowest BCUT2D eigenvalue weighted by Gasteiger charge is -2.52. The molecule has 1 aromatic heterocycles. The van der Waals surface area contributed by atoms with Crippen LogP contribution < -0.4 is 15.4 Å². The van der Waals surface area contributed by atoms with Gasteiger partial charge in [0.25, 0.3) is 0 Å². The fourth-order valence-corrected chi connectivity index (χ4v) is 3.48. The van der Waals surface area contributed by atoms with Crippen LogP contribution in [0.15, 0.2) is 12.1 Å². The molecule has 1 aromatic rings. The highest BCUT2D eigenvalue weighted by atomic mass is 16.5. The number of pyridine rings is 1. The number of aliphatic carboxylic acids is 1. The van der Waals surface area contributed by atoms with Crippen molar-refractivity contribution in [2.75, 3.05) is 12.4 Å². The Labute approximate surface area is 141 Å². The van der Waals surface area contributed by atoms with Crippen molar-refractivity contribution in [3.05, 3.63) is 17.8 Å². The molecule has 132 valence electrons. The number of hydrogen-bond donors (Lipinski definition) is 3. The molecule has 1 fully saturated rings. The molecule has 0 aliphatic heterocycles. The number of carboxylic acid groups (broad SMARTS) is 1. The van der Waals surface area contributed by atoms with Crippen LogP contribution in [0.3, 0.4) is 0 Å². The molecule has 0 saturated heterocycles. The van der Waals surface area contributed by atoms with Gasteiger partial charge in [-0.15, -0.1) is 0 Å². The van der Waals surface area contributed by atoms with E-state index < -0.39 is 5.97 Å². The molecular weight excluding hydrogens is 310 g/mol. The monoisotopic (exact) mass is 335 g/mol.